The third kappa shape index (κ3) is 6.21. The fraction of sp³-hybridized carbons (Fsp3) is 0. The Kier molecular flexibility index (Phi) is 8.59. The first-order valence-corrected chi connectivity index (χ1v) is 15.8. The monoisotopic (exact) mass is 665 g/mol. The maximum atomic E-state index is 13.8. The van der Waals surface area contributed by atoms with E-state index in [1.807, 2.05) is 41.7 Å². The highest BCUT2D eigenvalue weighted by atomic mass is 79.9. The number of allylic oxidation sites excluding steroid dienone is 5. The molecule has 0 atom stereocenters. The smallest absolute Gasteiger partial charge is 0.264 e. The maximum Gasteiger partial charge on any atom is 0.264 e. The van der Waals surface area contributed by atoms with E-state index in [1.54, 1.807) is 35.6 Å². The van der Waals surface area contributed by atoms with Gasteiger partial charge >= 0.3 is 0 Å². The molecule has 0 bridgehead atoms. The molecule has 2 heterocycles. The summed E-state index contributed by atoms with van der Waals surface area (Å²) in [6, 6.07) is 36.1. The molecule has 7 heteroatoms. The number of hydrogen-bond donors (Lipinski definition) is 2. The van der Waals surface area contributed by atoms with Crippen LogP contribution in [0.25, 0.3) is 40.3 Å². The Morgan fingerprint density at radius 3 is 1.84 bits per heavy atom. The molecule has 0 amide bonds. The fourth-order valence-corrected chi connectivity index (χ4v) is 7.58. The van der Waals surface area contributed by atoms with E-state index < -0.39 is 5.83 Å². The van der Waals surface area contributed by atoms with Crippen molar-refractivity contribution < 1.29 is 8.78 Å². The quantitative estimate of drug-likeness (QED) is 0.180. The van der Waals surface area contributed by atoms with E-state index in [9.17, 15) is 8.78 Å². The minimum atomic E-state index is -0.410. The molecule has 210 valence electrons. The molecule has 3 N–H and O–H groups in total. The van der Waals surface area contributed by atoms with Gasteiger partial charge in [-0.05, 0) is 52.3 Å². The average molecular weight is 667 g/mol. The van der Waals surface area contributed by atoms with Crippen molar-refractivity contribution >= 4 is 90.3 Å². The number of hydrogen-bond acceptors (Lipinski definition) is 4. The Balaban J connectivity index is 0.000000128. The molecule has 8 rings (SSSR count). The zero-order chi connectivity index (χ0) is 29.8. The number of nitrogens with one attached hydrogen (secondary N) is 1. The molecule has 0 saturated heterocycles. The predicted molar refractivity (Wildman–Crippen MR) is 185 cm³/mol. The van der Waals surface area contributed by atoms with Crippen LogP contribution in [-0.4, -0.2) is 0 Å². The van der Waals surface area contributed by atoms with E-state index >= 15 is 0 Å². The summed E-state index contributed by atoms with van der Waals surface area (Å²) in [7, 11) is 0. The van der Waals surface area contributed by atoms with Crippen molar-refractivity contribution in [3.05, 3.63) is 155 Å². The molecule has 0 fully saturated rings. The number of fused-ring (bicyclic) bond motifs is 6. The Morgan fingerprint density at radius 1 is 0.628 bits per heavy atom. The Morgan fingerprint density at radius 2 is 1.19 bits per heavy atom. The van der Waals surface area contributed by atoms with Gasteiger partial charge in [0.2, 0.25) is 5.70 Å². The van der Waals surface area contributed by atoms with Crippen LogP contribution in [0, 0.1) is 11.9 Å². The van der Waals surface area contributed by atoms with Crippen LogP contribution in [0.15, 0.2) is 143 Å². The summed E-state index contributed by atoms with van der Waals surface area (Å²) in [5.41, 5.74) is 6.61. The lowest BCUT2D eigenvalue weighted by molar-refractivity contribution is 0.632. The molecule has 2 aromatic heterocycles. The van der Waals surface area contributed by atoms with Crippen molar-refractivity contribution in [3.8, 4) is 0 Å². The molecule has 1 aliphatic rings. The van der Waals surface area contributed by atoms with Crippen molar-refractivity contribution in [2.75, 3.05) is 5.32 Å². The summed E-state index contributed by atoms with van der Waals surface area (Å²) in [6.07, 6.45) is 6.91. The van der Waals surface area contributed by atoms with Gasteiger partial charge in [0.25, 0.3) is 5.83 Å². The van der Waals surface area contributed by atoms with Crippen LogP contribution in [0.5, 0.6) is 0 Å². The molecule has 0 aliphatic heterocycles. The van der Waals surface area contributed by atoms with Crippen molar-refractivity contribution in [1.29, 1.82) is 0 Å². The van der Waals surface area contributed by atoms with Crippen LogP contribution in [0.3, 0.4) is 0 Å². The lowest BCUT2D eigenvalue weighted by Crippen LogP contribution is -1.98. The first-order valence-electron chi connectivity index (χ1n) is 13.4. The third-order valence-electron chi connectivity index (χ3n) is 6.74. The van der Waals surface area contributed by atoms with Gasteiger partial charge in [0, 0.05) is 40.1 Å². The normalized spacial score (nSPS) is 12.2. The number of nitrogens with two attached hydrogens (primary N) is 1. The van der Waals surface area contributed by atoms with Gasteiger partial charge in [0.15, 0.2) is 0 Å². The zero-order valence-electron chi connectivity index (χ0n) is 22.7. The van der Waals surface area contributed by atoms with Crippen LogP contribution >= 0.6 is 38.6 Å². The second kappa shape index (κ2) is 12.9. The standard InChI is InChI=1S/C18H12FNS.C12H7BrS.C6H5FN/c19-14-8-2-3-9-15(14)20-16-10-5-7-13-12-6-1-4-11-17(12)21-18(13)16;13-10-6-3-5-9-8-4-1-2-7-11(8)14-12(9)10;7-5-3-1-2-4-6(5)8/h1-11,20H;1-7H;1-3H,8H2/q;;+1. The van der Waals surface area contributed by atoms with Crippen molar-refractivity contribution in [3.63, 3.8) is 0 Å². The highest BCUT2D eigenvalue weighted by Gasteiger charge is 2.11. The molecule has 0 unspecified atom stereocenters. The maximum absolute atomic E-state index is 13.8. The third-order valence-corrected chi connectivity index (χ3v) is 10.1. The zero-order valence-corrected chi connectivity index (χ0v) is 25.9. The van der Waals surface area contributed by atoms with Crippen LogP contribution in [0.4, 0.5) is 20.2 Å². The second-order valence-electron chi connectivity index (χ2n) is 9.53. The van der Waals surface area contributed by atoms with Gasteiger partial charge < -0.3 is 11.1 Å². The number of rotatable bonds is 2. The molecule has 1 aliphatic carbocycles. The van der Waals surface area contributed by atoms with Gasteiger partial charge in [0.05, 0.1) is 34.3 Å². The number of benzene rings is 5. The SMILES string of the molecule is Brc1cccc2c1sc1ccccc12.Fc1ccccc1Nc1cccc2c1sc1ccccc12.NC1=[C+]C=CC=C1F. The summed E-state index contributed by atoms with van der Waals surface area (Å²) >= 11 is 7.16. The summed E-state index contributed by atoms with van der Waals surface area (Å²) in [5.74, 6) is -0.650. The van der Waals surface area contributed by atoms with Crippen LogP contribution in [-0.2, 0) is 0 Å². The lowest BCUT2D eigenvalue weighted by Gasteiger charge is -2.08. The summed E-state index contributed by atoms with van der Waals surface area (Å²) in [5, 5.41) is 8.36. The fourth-order valence-electron chi connectivity index (χ4n) is 4.70. The van der Waals surface area contributed by atoms with Gasteiger partial charge in [-0.15, -0.1) is 27.1 Å². The molecule has 0 radical (unpaired) electrons. The van der Waals surface area contributed by atoms with Crippen molar-refractivity contribution in [1.82, 2.24) is 0 Å². The van der Waals surface area contributed by atoms with Gasteiger partial charge in [-0.1, -0.05) is 72.8 Å². The minimum Gasteiger partial charge on any atom is -0.367 e. The lowest BCUT2D eigenvalue weighted by atomic mass is 10.1. The largest absolute Gasteiger partial charge is 0.367 e. The number of thiophene rings is 2. The predicted octanol–water partition coefficient (Wildman–Crippen LogP) is 11.8. The summed E-state index contributed by atoms with van der Waals surface area (Å²) < 4.78 is 32.3. The molecular weight excluding hydrogens is 642 g/mol. The summed E-state index contributed by atoms with van der Waals surface area (Å²) in [4.78, 5) is 0. The van der Waals surface area contributed by atoms with Crippen LogP contribution < -0.4 is 11.1 Å². The molecule has 43 heavy (non-hydrogen) atoms. The van der Waals surface area contributed by atoms with E-state index in [2.05, 4.69) is 88.0 Å². The molecule has 7 aromatic rings. The first-order chi connectivity index (χ1) is 21.0. The van der Waals surface area contributed by atoms with E-state index in [0.29, 0.717) is 5.69 Å². The highest BCUT2D eigenvalue weighted by molar-refractivity contribution is 9.10. The van der Waals surface area contributed by atoms with E-state index in [-0.39, 0.29) is 11.5 Å². The Labute approximate surface area is 264 Å². The van der Waals surface area contributed by atoms with Crippen LogP contribution in [0.2, 0.25) is 0 Å². The second-order valence-corrected chi connectivity index (χ2v) is 12.5. The molecular formula is C36H24BrF2N2S2+. The molecule has 2 nitrogen and oxygen atoms in total. The number of para-hydroxylation sites is 1. The molecule has 5 aromatic carbocycles. The van der Waals surface area contributed by atoms with Gasteiger partial charge in [-0.25, -0.2) is 4.39 Å². The molecule has 0 spiro atoms. The van der Waals surface area contributed by atoms with Crippen molar-refractivity contribution in [2.24, 2.45) is 5.73 Å². The van der Waals surface area contributed by atoms with E-state index in [1.165, 1.54) is 52.3 Å². The van der Waals surface area contributed by atoms with Gasteiger partial charge in [0.1, 0.15) is 11.9 Å². The van der Waals surface area contributed by atoms with E-state index in [4.69, 9.17) is 5.73 Å². The number of halogens is 3. The van der Waals surface area contributed by atoms with E-state index in [0.717, 1.165) is 10.4 Å². The topological polar surface area (TPSA) is 38.0 Å². The molecule has 0 saturated carbocycles. The van der Waals surface area contributed by atoms with Gasteiger partial charge in [-0.2, -0.15) is 0 Å². The highest BCUT2D eigenvalue weighted by Crippen LogP contribution is 2.39. The minimum absolute atomic E-state index is 0.0764. The Hall–Kier alpha value is -4.39. The van der Waals surface area contributed by atoms with Crippen molar-refractivity contribution in [2.45, 2.75) is 0 Å². The Bertz CT molecular complexity index is 2160. The van der Waals surface area contributed by atoms with Gasteiger partial charge in [-0.3, -0.25) is 0 Å². The average Bonchev–Trinajstić information content (AvgIpc) is 3.61. The summed E-state index contributed by atoms with van der Waals surface area (Å²) in [6.45, 7) is 0. The van der Waals surface area contributed by atoms with Crippen LogP contribution in [0.1, 0.15) is 0 Å². The number of anilines is 2. The first kappa shape index (κ1) is 28.7.